The molecule has 0 spiro atoms. The van der Waals surface area contributed by atoms with E-state index >= 15 is 0 Å². The molecule has 2 N–H and O–H groups in total. The number of methoxy groups -OCH3 is 1. The predicted octanol–water partition coefficient (Wildman–Crippen LogP) is -1.52. The van der Waals surface area contributed by atoms with Crippen molar-refractivity contribution in [1.29, 1.82) is 0 Å². The zero-order valence-electron chi connectivity index (χ0n) is 8.22. The Labute approximate surface area is 82.8 Å². The highest BCUT2D eigenvalue weighted by Gasteiger charge is 2.24. The molecule has 0 saturated heterocycles. The van der Waals surface area contributed by atoms with Gasteiger partial charge in [0.2, 0.25) is 0 Å². The van der Waals surface area contributed by atoms with E-state index in [2.05, 4.69) is 4.74 Å². The lowest BCUT2D eigenvalue weighted by Gasteiger charge is -2.17. The SMILES string of the molecule is COCC(NS(=O)(=O)N(C)C)C(=O)O. The van der Waals surface area contributed by atoms with Crippen molar-refractivity contribution in [2.75, 3.05) is 27.8 Å². The third kappa shape index (κ3) is 4.01. The van der Waals surface area contributed by atoms with Gasteiger partial charge in [-0.15, -0.1) is 0 Å². The fourth-order valence-electron chi connectivity index (χ4n) is 0.608. The zero-order valence-corrected chi connectivity index (χ0v) is 9.04. The van der Waals surface area contributed by atoms with Gasteiger partial charge < -0.3 is 9.84 Å². The third-order valence-electron chi connectivity index (χ3n) is 1.40. The van der Waals surface area contributed by atoms with E-state index in [-0.39, 0.29) is 6.61 Å². The monoisotopic (exact) mass is 226 g/mol. The first-order chi connectivity index (χ1) is 6.31. The lowest BCUT2D eigenvalue weighted by Crippen LogP contribution is -2.48. The zero-order chi connectivity index (χ0) is 11.4. The number of carboxylic acid groups (broad SMARTS) is 1. The number of ether oxygens (including phenoxy) is 1. The highest BCUT2D eigenvalue weighted by atomic mass is 32.2. The van der Waals surface area contributed by atoms with Crippen molar-refractivity contribution < 1.29 is 23.1 Å². The van der Waals surface area contributed by atoms with E-state index in [1.54, 1.807) is 0 Å². The second-order valence-corrected chi connectivity index (χ2v) is 4.67. The number of hydrogen-bond acceptors (Lipinski definition) is 4. The Morgan fingerprint density at radius 1 is 1.57 bits per heavy atom. The van der Waals surface area contributed by atoms with E-state index in [0.717, 1.165) is 4.31 Å². The molecule has 0 aromatic carbocycles. The molecule has 0 aromatic heterocycles. The highest BCUT2D eigenvalue weighted by molar-refractivity contribution is 7.87. The summed E-state index contributed by atoms with van der Waals surface area (Å²) in [4.78, 5) is 10.6. The Hall–Kier alpha value is -0.700. The van der Waals surface area contributed by atoms with Gasteiger partial charge in [0.25, 0.3) is 10.2 Å². The van der Waals surface area contributed by atoms with Crippen molar-refractivity contribution in [3.63, 3.8) is 0 Å². The number of carbonyl (C=O) groups is 1. The number of hydrogen-bond donors (Lipinski definition) is 2. The number of rotatable bonds is 6. The Morgan fingerprint density at radius 2 is 2.07 bits per heavy atom. The molecule has 0 aliphatic heterocycles. The standard InChI is InChI=1S/C6H14N2O5S/c1-8(2)14(11,12)7-5(4-13-3)6(9)10/h5,7H,4H2,1-3H3,(H,9,10). The van der Waals surface area contributed by atoms with E-state index in [0.29, 0.717) is 0 Å². The lowest BCUT2D eigenvalue weighted by molar-refractivity contribution is -0.140. The van der Waals surface area contributed by atoms with Gasteiger partial charge in [-0.25, -0.2) is 0 Å². The minimum atomic E-state index is -3.74. The molecule has 0 heterocycles. The van der Waals surface area contributed by atoms with Crippen molar-refractivity contribution in [1.82, 2.24) is 9.03 Å². The molecular formula is C6H14N2O5S. The van der Waals surface area contributed by atoms with Crippen LogP contribution in [0.1, 0.15) is 0 Å². The maximum absolute atomic E-state index is 11.2. The van der Waals surface area contributed by atoms with E-state index in [9.17, 15) is 13.2 Å². The average molecular weight is 226 g/mol. The first kappa shape index (κ1) is 13.3. The van der Waals surface area contributed by atoms with Crippen LogP contribution in [0.3, 0.4) is 0 Å². The highest BCUT2D eigenvalue weighted by Crippen LogP contribution is 1.94. The number of carboxylic acids is 1. The minimum Gasteiger partial charge on any atom is -0.480 e. The first-order valence-corrected chi connectivity index (χ1v) is 5.16. The first-order valence-electron chi connectivity index (χ1n) is 3.72. The molecule has 1 atom stereocenters. The molecule has 0 aromatic rings. The second kappa shape index (κ2) is 5.25. The molecule has 0 amide bonds. The Kier molecular flexibility index (Phi) is 4.99. The van der Waals surface area contributed by atoms with Crippen molar-refractivity contribution in [3.05, 3.63) is 0 Å². The third-order valence-corrected chi connectivity index (χ3v) is 2.95. The summed E-state index contributed by atoms with van der Waals surface area (Å²) < 4.78 is 29.9. The Morgan fingerprint density at radius 3 is 2.36 bits per heavy atom. The molecule has 0 aliphatic carbocycles. The van der Waals surface area contributed by atoms with Gasteiger partial charge >= 0.3 is 5.97 Å². The fourth-order valence-corrected chi connectivity index (χ4v) is 1.35. The smallest absolute Gasteiger partial charge is 0.324 e. The molecule has 0 bridgehead atoms. The maximum Gasteiger partial charge on any atom is 0.324 e. The largest absolute Gasteiger partial charge is 0.480 e. The van der Waals surface area contributed by atoms with Crippen molar-refractivity contribution in [2.45, 2.75) is 6.04 Å². The van der Waals surface area contributed by atoms with E-state index in [1.807, 2.05) is 4.72 Å². The molecule has 1 unspecified atom stereocenters. The molecule has 0 fully saturated rings. The fraction of sp³-hybridized carbons (Fsp3) is 0.833. The molecular weight excluding hydrogens is 212 g/mol. The van der Waals surface area contributed by atoms with E-state index in [1.165, 1.54) is 21.2 Å². The Balaban J connectivity index is 4.53. The Bertz CT molecular complexity index is 287. The van der Waals surface area contributed by atoms with Crippen LogP contribution in [0.5, 0.6) is 0 Å². The van der Waals surface area contributed by atoms with Crippen LogP contribution in [0.4, 0.5) is 0 Å². The van der Waals surface area contributed by atoms with Gasteiger partial charge in [0.05, 0.1) is 6.61 Å². The number of nitrogens with zero attached hydrogens (tertiary/aromatic N) is 1. The van der Waals surface area contributed by atoms with Gasteiger partial charge in [0.15, 0.2) is 0 Å². The van der Waals surface area contributed by atoms with Crippen LogP contribution in [0.25, 0.3) is 0 Å². The number of aliphatic carboxylic acids is 1. The van der Waals surface area contributed by atoms with Gasteiger partial charge in [-0.3, -0.25) is 4.79 Å². The minimum absolute atomic E-state index is 0.220. The molecule has 0 radical (unpaired) electrons. The molecule has 0 rings (SSSR count). The van der Waals surface area contributed by atoms with Gasteiger partial charge in [0, 0.05) is 21.2 Å². The van der Waals surface area contributed by atoms with Crippen LogP contribution in [-0.4, -0.2) is 57.7 Å². The summed E-state index contributed by atoms with van der Waals surface area (Å²) in [5.41, 5.74) is 0. The summed E-state index contributed by atoms with van der Waals surface area (Å²) in [6.45, 7) is -0.220. The quantitative estimate of drug-likeness (QED) is 0.573. The molecule has 8 heteroatoms. The van der Waals surface area contributed by atoms with Gasteiger partial charge in [-0.2, -0.15) is 17.4 Å². The van der Waals surface area contributed by atoms with Gasteiger partial charge in [0.1, 0.15) is 6.04 Å². The van der Waals surface area contributed by atoms with Crippen molar-refractivity contribution in [2.24, 2.45) is 0 Å². The summed E-state index contributed by atoms with van der Waals surface area (Å²) in [5, 5.41) is 8.62. The summed E-state index contributed by atoms with van der Waals surface area (Å²) in [7, 11) is 0.149. The summed E-state index contributed by atoms with van der Waals surface area (Å²) >= 11 is 0. The van der Waals surface area contributed by atoms with E-state index in [4.69, 9.17) is 5.11 Å². The van der Waals surface area contributed by atoms with Crippen LogP contribution in [0.15, 0.2) is 0 Å². The topological polar surface area (TPSA) is 95.9 Å². The average Bonchev–Trinajstić information content (AvgIpc) is 2.02. The van der Waals surface area contributed by atoms with E-state index < -0.39 is 22.2 Å². The van der Waals surface area contributed by atoms with Crippen molar-refractivity contribution >= 4 is 16.2 Å². The van der Waals surface area contributed by atoms with Crippen LogP contribution >= 0.6 is 0 Å². The van der Waals surface area contributed by atoms with Crippen LogP contribution in [-0.2, 0) is 19.7 Å². The van der Waals surface area contributed by atoms with Crippen LogP contribution < -0.4 is 4.72 Å². The molecule has 14 heavy (non-hydrogen) atoms. The predicted molar refractivity (Wildman–Crippen MR) is 49.0 cm³/mol. The van der Waals surface area contributed by atoms with Gasteiger partial charge in [-0.05, 0) is 0 Å². The summed E-state index contributed by atoms with van der Waals surface area (Å²) in [6, 6.07) is -1.27. The van der Waals surface area contributed by atoms with Gasteiger partial charge in [-0.1, -0.05) is 0 Å². The molecule has 0 saturated carbocycles. The second-order valence-electron chi connectivity index (χ2n) is 2.75. The van der Waals surface area contributed by atoms with Crippen molar-refractivity contribution in [3.8, 4) is 0 Å². The normalized spacial score (nSPS) is 14.3. The summed E-state index contributed by atoms with van der Waals surface area (Å²) in [5.74, 6) is -1.28. The lowest BCUT2D eigenvalue weighted by atomic mass is 10.3. The molecule has 84 valence electrons. The molecule has 7 nitrogen and oxygen atoms in total. The summed E-state index contributed by atoms with van der Waals surface area (Å²) in [6.07, 6.45) is 0. The van der Waals surface area contributed by atoms with Crippen LogP contribution in [0.2, 0.25) is 0 Å². The number of nitrogens with one attached hydrogen (secondary N) is 1. The maximum atomic E-state index is 11.2. The molecule has 0 aliphatic rings. The van der Waals surface area contributed by atoms with Crippen LogP contribution in [0, 0.1) is 0 Å².